The number of hydrogen-bond donors (Lipinski definition) is 1. The Morgan fingerprint density at radius 2 is 2.14 bits per heavy atom. The van der Waals surface area contributed by atoms with Crippen molar-refractivity contribution in [1.29, 1.82) is 0 Å². The lowest BCUT2D eigenvalue weighted by Gasteiger charge is -2.29. The van der Waals surface area contributed by atoms with E-state index in [1.165, 1.54) is 11.4 Å². The monoisotopic (exact) mass is 304 g/mol. The number of aryl methyl sites for hydroxylation is 2. The average molecular weight is 304 g/mol. The predicted molar refractivity (Wildman–Crippen MR) is 84.9 cm³/mol. The summed E-state index contributed by atoms with van der Waals surface area (Å²) < 4.78 is 12.9. The summed E-state index contributed by atoms with van der Waals surface area (Å²) in [6, 6.07) is 4.09. The van der Waals surface area contributed by atoms with E-state index < -0.39 is 0 Å². The molecule has 3 heterocycles. The van der Waals surface area contributed by atoms with E-state index in [0.717, 1.165) is 44.3 Å². The molecule has 0 bridgehead atoms. The lowest BCUT2D eigenvalue weighted by Crippen LogP contribution is -2.38. The SMILES string of the molecule is Cc1nn(C)c(N2CCOCC2)c1CN[C@@H](C)c1ccco1. The molecular formula is C16H24N4O2. The topological polar surface area (TPSA) is 55.5 Å². The number of aromatic nitrogens is 2. The molecule has 1 N–H and O–H groups in total. The Balaban J connectivity index is 1.75. The quantitative estimate of drug-likeness (QED) is 0.916. The van der Waals surface area contributed by atoms with E-state index in [1.807, 2.05) is 23.9 Å². The summed E-state index contributed by atoms with van der Waals surface area (Å²) in [6.45, 7) is 8.34. The molecule has 2 aromatic rings. The molecule has 0 spiro atoms. The molecule has 3 rings (SSSR count). The number of nitrogens with zero attached hydrogens (tertiary/aromatic N) is 3. The minimum absolute atomic E-state index is 0.173. The van der Waals surface area contributed by atoms with E-state index in [0.29, 0.717) is 0 Å². The average Bonchev–Trinajstić information content (AvgIpc) is 3.14. The lowest BCUT2D eigenvalue weighted by molar-refractivity contribution is 0.122. The van der Waals surface area contributed by atoms with Gasteiger partial charge in [-0.05, 0) is 26.0 Å². The van der Waals surface area contributed by atoms with Crippen LogP contribution in [0.25, 0.3) is 0 Å². The maximum absolute atomic E-state index is 5.46. The highest BCUT2D eigenvalue weighted by Gasteiger charge is 2.21. The number of anilines is 1. The van der Waals surface area contributed by atoms with Gasteiger partial charge in [-0.25, -0.2) is 0 Å². The maximum Gasteiger partial charge on any atom is 0.131 e. The molecule has 1 aliphatic heterocycles. The van der Waals surface area contributed by atoms with Gasteiger partial charge >= 0.3 is 0 Å². The Kier molecular flexibility index (Phi) is 4.49. The number of ether oxygens (including phenoxy) is 1. The van der Waals surface area contributed by atoms with E-state index in [2.05, 4.69) is 29.2 Å². The third-order valence-corrected chi connectivity index (χ3v) is 4.18. The van der Waals surface area contributed by atoms with Crippen molar-refractivity contribution in [1.82, 2.24) is 15.1 Å². The van der Waals surface area contributed by atoms with Gasteiger partial charge in [0.25, 0.3) is 0 Å². The normalized spacial score (nSPS) is 17.0. The number of hydrogen-bond acceptors (Lipinski definition) is 5. The van der Waals surface area contributed by atoms with Crippen molar-refractivity contribution in [3.05, 3.63) is 35.4 Å². The largest absolute Gasteiger partial charge is 0.468 e. The predicted octanol–water partition coefficient (Wildman–Crippen LogP) is 2.01. The molecule has 6 nitrogen and oxygen atoms in total. The Hall–Kier alpha value is -1.79. The summed E-state index contributed by atoms with van der Waals surface area (Å²) in [5, 5.41) is 8.13. The fourth-order valence-corrected chi connectivity index (χ4v) is 2.96. The van der Waals surface area contributed by atoms with Gasteiger partial charge in [-0.1, -0.05) is 0 Å². The van der Waals surface area contributed by atoms with Gasteiger partial charge in [-0.15, -0.1) is 0 Å². The van der Waals surface area contributed by atoms with Gasteiger partial charge in [0.1, 0.15) is 11.6 Å². The van der Waals surface area contributed by atoms with Gasteiger partial charge in [-0.3, -0.25) is 4.68 Å². The van der Waals surface area contributed by atoms with Gasteiger partial charge < -0.3 is 19.4 Å². The number of morpholine rings is 1. The highest BCUT2D eigenvalue weighted by Crippen LogP contribution is 2.25. The molecular weight excluding hydrogens is 280 g/mol. The van der Waals surface area contributed by atoms with E-state index >= 15 is 0 Å². The number of furan rings is 1. The summed E-state index contributed by atoms with van der Waals surface area (Å²) in [5.41, 5.74) is 2.32. The lowest BCUT2D eigenvalue weighted by atomic mass is 10.2. The minimum atomic E-state index is 0.173. The van der Waals surface area contributed by atoms with Crippen molar-refractivity contribution in [3.63, 3.8) is 0 Å². The molecule has 0 radical (unpaired) electrons. The van der Waals surface area contributed by atoms with Crippen molar-refractivity contribution >= 4 is 5.82 Å². The van der Waals surface area contributed by atoms with Crippen molar-refractivity contribution in [3.8, 4) is 0 Å². The van der Waals surface area contributed by atoms with E-state index in [1.54, 1.807) is 6.26 Å². The maximum atomic E-state index is 5.46. The van der Waals surface area contributed by atoms with Gasteiger partial charge in [0.15, 0.2) is 0 Å². The summed E-state index contributed by atoms with van der Waals surface area (Å²) in [6.07, 6.45) is 1.71. The van der Waals surface area contributed by atoms with Crippen molar-refractivity contribution < 1.29 is 9.15 Å². The molecule has 1 saturated heterocycles. The standard InChI is InChI=1S/C16H24N4O2/c1-12-14(11-17-13(2)15-5-4-8-22-15)16(19(3)18-12)20-6-9-21-10-7-20/h4-5,8,13,17H,6-7,9-11H2,1-3H3/t13-/m0/s1. The van der Waals surface area contributed by atoms with Crippen LogP contribution in [0.2, 0.25) is 0 Å². The second kappa shape index (κ2) is 6.54. The Morgan fingerprint density at radius 1 is 1.36 bits per heavy atom. The van der Waals surface area contributed by atoms with Crippen LogP contribution in [0.15, 0.2) is 22.8 Å². The van der Waals surface area contributed by atoms with Crippen LogP contribution in [-0.4, -0.2) is 36.1 Å². The summed E-state index contributed by atoms with van der Waals surface area (Å²) in [7, 11) is 2.01. The zero-order valence-corrected chi connectivity index (χ0v) is 13.5. The Morgan fingerprint density at radius 3 is 2.82 bits per heavy atom. The molecule has 1 atom stereocenters. The first-order valence-corrected chi connectivity index (χ1v) is 7.78. The van der Waals surface area contributed by atoms with Crippen molar-refractivity contribution in [2.24, 2.45) is 7.05 Å². The fraction of sp³-hybridized carbons (Fsp3) is 0.562. The summed E-state index contributed by atoms with van der Waals surface area (Å²) in [5.74, 6) is 2.15. The molecule has 0 saturated carbocycles. The first-order valence-electron chi connectivity index (χ1n) is 7.78. The third-order valence-electron chi connectivity index (χ3n) is 4.18. The molecule has 0 amide bonds. The van der Waals surface area contributed by atoms with Crippen molar-refractivity contribution in [2.45, 2.75) is 26.4 Å². The van der Waals surface area contributed by atoms with E-state index in [9.17, 15) is 0 Å². The second-order valence-corrected chi connectivity index (χ2v) is 5.73. The van der Waals surface area contributed by atoms with Gasteiger partial charge in [0, 0.05) is 32.2 Å². The zero-order valence-electron chi connectivity index (χ0n) is 13.5. The Labute approximate surface area is 131 Å². The molecule has 120 valence electrons. The molecule has 6 heteroatoms. The fourth-order valence-electron chi connectivity index (χ4n) is 2.96. The highest BCUT2D eigenvalue weighted by molar-refractivity contribution is 5.50. The van der Waals surface area contributed by atoms with Crippen LogP contribution >= 0.6 is 0 Å². The van der Waals surface area contributed by atoms with Crippen LogP contribution < -0.4 is 10.2 Å². The molecule has 1 aliphatic rings. The number of nitrogens with one attached hydrogen (secondary N) is 1. The smallest absolute Gasteiger partial charge is 0.131 e. The molecule has 22 heavy (non-hydrogen) atoms. The van der Waals surface area contributed by atoms with Crippen LogP contribution in [0, 0.1) is 6.92 Å². The van der Waals surface area contributed by atoms with Gasteiger partial charge in [-0.2, -0.15) is 5.10 Å². The molecule has 1 fully saturated rings. The Bertz CT molecular complexity index is 600. The third kappa shape index (κ3) is 3.03. The zero-order chi connectivity index (χ0) is 15.5. The minimum Gasteiger partial charge on any atom is -0.468 e. The van der Waals surface area contributed by atoms with Gasteiger partial charge in [0.2, 0.25) is 0 Å². The van der Waals surface area contributed by atoms with Crippen LogP contribution in [0.3, 0.4) is 0 Å². The summed E-state index contributed by atoms with van der Waals surface area (Å²) >= 11 is 0. The summed E-state index contributed by atoms with van der Waals surface area (Å²) in [4.78, 5) is 2.36. The first kappa shape index (κ1) is 15.1. The molecule has 0 aromatic carbocycles. The van der Waals surface area contributed by atoms with E-state index in [-0.39, 0.29) is 6.04 Å². The van der Waals surface area contributed by atoms with Crippen LogP contribution in [0.4, 0.5) is 5.82 Å². The first-order chi connectivity index (χ1) is 10.7. The van der Waals surface area contributed by atoms with Crippen LogP contribution in [-0.2, 0) is 18.3 Å². The number of rotatable bonds is 5. The second-order valence-electron chi connectivity index (χ2n) is 5.73. The van der Waals surface area contributed by atoms with Crippen LogP contribution in [0.1, 0.15) is 30.0 Å². The molecule has 2 aromatic heterocycles. The molecule has 0 unspecified atom stereocenters. The van der Waals surface area contributed by atoms with Gasteiger partial charge in [0.05, 0.1) is 31.2 Å². The van der Waals surface area contributed by atoms with E-state index in [4.69, 9.17) is 9.15 Å². The highest BCUT2D eigenvalue weighted by atomic mass is 16.5. The molecule has 0 aliphatic carbocycles. The van der Waals surface area contributed by atoms with Crippen molar-refractivity contribution in [2.75, 3.05) is 31.2 Å². The van der Waals surface area contributed by atoms with Crippen LogP contribution in [0.5, 0.6) is 0 Å².